The summed E-state index contributed by atoms with van der Waals surface area (Å²) in [6.45, 7) is 2.20. The first-order valence-corrected chi connectivity index (χ1v) is 7.57. The fourth-order valence-corrected chi connectivity index (χ4v) is 2.18. The summed E-state index contributed by atoms with van der Waals surface area (Å²) in [7, 11) is 1.45. The molecule has 6 heteroatoms. The zero-order valence-electron chi connectivity index (χ0n) is 13.7. The van der Waals surface area contributed by atoms with Crippen molar-refractivity contribution in [3.8, 4) is 5.75 Å². The first-order valence-electron chi connectivity index (χ1n) is 7.57. The van der Waals surface area contributed by atoms with Crippen molar-refractivity contribution in [2.24, 2.45) is 0 Å². The fraction of sp³-hybridized carbons (Fsp3) is 0.278. The number of hydrogen-bond acceptors (Lipinski definition) is 3. The van der Waals surface area contributed by atoms with E-state index in [1.54, 1.807) is 6.07 Å². The van der Waals surface area contributed by atoms with Gasteiger partial charge in [0.1, 0.15) is 11.6 Å². The molecule has 0 aliphatic heterocycles. The van der Waals surface area contributed by atoms with Crippen LogP contribution in [0.1, 0.15) is 22.8 Å². The molecule has 2 aromatic rings. The van der Waals surface area contributed by atoms with Crippen LogP contribution in [-0.4, -0.2) is 24.8 Å². The van der Waals surface area contributed by atoms with Crippen LogP contribution in [0.4, 0.5) is 9.18 Å². The second-order valence-electron chi connectivity index (χ2n) is 5.49. The van der Waals surface area contributed by atoms with E-state index >= 15 is 0 Å². The normalized spacial score (nSPS) is 11.7. The Balaban J connectivity index is 1.81. The van der Waals surface area contributed by atoms with Crippen molar-refractivity contribution >= 4 is 6.03 Å². The van der Waals surface area contributed by atoms with Gasteiger partial charge in [0.25, 0.3) is 0 Å². The summed E-state index contributed by atoms with van der Waals surface area (Å²) >= 11 is 0. The molecule has 0 aromatic heterocycles. The maximum absolute atomic E-state index is 13.4. The Labute approximate surface area is 140 Å². The SMILES string of the molecule is COc1cc(F)cc(CNC(=O)NCC(O)c2ccc(C)cc2)c1. The Morgan fingerprint density at radius 3 is 2.58 bits per heavy atom. The molecule has 0 saturated carbocycles. The van der Waals surface area contributed by atoms with Crippen molar-refractivity contribution < 1.29 is 19.0 Å². The monoisotopic (exact) mass is 332 g/mol. The van der Waals surface area contributed by atoms with E-state index in [1.807, 2.05) is 31.2 Å². The number of aliphatic hydroxyl groups excluding tert-OH is 1. The van der Waals surface area contributed by atoms with Crippen LogP contribution < -0.4 is 15.4 Å². The number of benzene rings is 2. The average molecular weight is 332 g/mol. The Morgan fingerprint density at radius 2 is 1.92 bits per heavy atom. The Kier molecular flexibility index (Phi) is 6.14. The first kappa shape index (κ1) is 17.7. The number of rotatable bonds is 6. The number of ether oxygens (including phenoxy) is 1. The molecule has 0 aliphatic carbocycles. The zero-order valence-corrected chi connectivity index (χ0v) is 13.7. The minimum Gasteiger partial charge on any atom is -0.497 e. The molecule has 0 heterocycles. The predicted molar refractivity (Wildman–Crippen MR) is 89.3 cm³/mol. The summed E-state index contributed by atoms with van der Waals surface area (Å²) in [6, 6.07) is 11.2. The van der Waals surface area contributed by atoms with E-state index in [2.05, 4.69) is 10.6 Å². The van der Waals surface area contributed by atoms with E-state index in [1.165, 1.54) is 19.2 Å². The van der Waals surface area contributed by atoms with E-state index in [9.17, 15) is 14.3 Å². The highest BCUT2D eigenvalue weighted by Crippen LogP contribution is 2.16. The van der Waals surface area contributed by atoms with Crippen LogP contribution in [-0.2, 0) is 6.54 Å². The standard InChI is InChI=1S/C18H21FN2O3/c1-12-3-5-14(6-4-12)17(22)11-21-18(23)20-10-13-7-15(19)9-16(8-13)24-2/h3-9,17,22H,10-11H2,1-2H3,(H2,20,21,23). The van der Waals surface area contributed by atoms with Crippen LogP contribution in [0.25, 0.3) is 0 Å². The van der Waals surface area contributed by atoms with Crippen molar-refractivity contribution in [3.63, 3.8) is 0 Å². The smallest absolute Gasteiger partial charge is 0.315 e. The van der Waals surface area contributed by atoms with E-state index in [4.69, 9.17) is 4.74 Å². The van der Waals surface area contributed by atoms with Crippen LogP contribution in [0.3, 0.4) is 0 Å². The number of aryl methyl sites for hydroxylation is 1. The molecule has 0 aliphatic rings. The maximum Gasteiger partial charge on any atom is 0.315 e. The predicted octanol–water partition coefficient (Wildman–Crippen LogP) is 2.68. The topological polar surface area (TPSA) is 70.6 Å². The summed E-state index contributed by atoms with van der Waals surface area (Å²) in [5, 5.41) is 15.2. The third-order valence-electron chi connectivity index (χ3n) is 3.54. The van der Waals surface area contributed by atoms with Gasteiger partial charge < -0.3 is 20.5 Å². The number of urea groups is 1. The zero-order chi connectivity index (χ0) is 17.5. The first-order chi connectivity index (χ1) is 11.5. The van der Waals surface area contributed by atoms with E-state index in [0.29, 0.717) is 11.3 Å². The molecule has 0 radical (unpaired) electrons. The van der Waals surface area contributed by atoms with Gasteiger partial charge in [-0.2, -0.15) is 0 Å². The van der Waals surface area contributed by atoms with Crippen molar-refractivity contribution in [1.29, 1.82) is 0 Å². The lowest BCUT2D eigenvalue weighted by Gasteiger charge is -2.13. The van der Waals surface area contributed by atoms with Gasteiger partial charge >= 0.3 is 6.03 Å². The van der Waals surface area contributed by atoms with Crippen molar-refractivity contribution in [2.75, 3.05) is 13.7 Å². The molecule has 2 aromatic carbocycles. The molecule has 3 N–H and O–H groups in total. The lowest BCUT2D eigenvalue weighted by molar-refractivity contribution is 0.173. The number of amides is 2. The summed E-state index contributed by atoms with van der Waals surface area (Å²) in [4.78, 5) is 11.8. The number of halogens is 1. The second-order valence-corrected chi connectivity index (χ2v) is 5.49. The largest absolute Gasteiger partial charge is 0.497 e. The van der Waals surface area contributed by atoms with E-state index in [-0.39, 0.29) is 13.1 Å². The maximum atomic E-state index is 13.4. The molecule has 1 atom stereocenters. The van der Waals surface area contributed by atoms with Gasteiger partial charge in [0.2, 0.25) is 0 Å². The third-order valence-corrected chi connectivity index (χ3v) is 3.54. The van der Waals surface area contributed by atoms with Crippen LogP contribution in [0.2, 0.25) is 0 Å². The molecule has 0 bridgehead atoms. The summed E-state index contributed by atoms with van der Waals surface area (Å²) < 4.78 is 18.3. The van der Waals surface area contributed by atoms with E-state index in [0.717, 1.165) is 11.1 Å². The molecule has 1 unspecified atom stereocenters. The van der Waals surface area contributed by atoms with Crippen molar-refractivity contribution in [3.05, 3.63) is 65.0 Å². The molecular weight excluding hydrogens is 311 g/mol. The number of aliphatic hydroxyl groups is 1. The van der Waals surface area contributed by atoms with Gasteiger partial charge in [-0.1, -0.05) is 29.8 Å². The highest BCUT2D eigenvalue weighted by molar-refractivity contribution is 5.73. The minimum atomic E-state index is -0.786. The second kappa shape index (κ2) is 8.31. The highest BCUT2D eigenvalue weighted by Gasteiger charge is 2.09. The number of carbonyl (C=O) groups is 1. The molecule has 2 rings (SSSR count). The molecule has 0 fully saturated rings. The molecule has 5 nitrogen and oxygen atoms in total. The van der Waals surface area contributed by atoms with E-state index < -0.39 is 18.0 Å². The Hall–Kier alpha value is -2.60. The third kappa shape index (κ3) is 5.24. The summed E-state index contributed by atoms with van der Waals surface area (Å²) in [6.07, 6.45) is -0.786. The Morgan fingerprint density at radius 1 is 1.21 bits per heavy atom. The molecule has 0 spiro atoms. The summed E-state index contributed by atoms with van der Waals surface area (Å²) in [5.74, 6) is -0.0386. The van der Waals surface area contributed by atoms with Gasteiger partial charge in [-0.15, -0.1) is 0 Å². The quantitative estimate of drug-likeness (QED) is 0.762. The number of hydrogen-bond donors (Lipinski definition) is 3. The van der Waals surface area contributed by atoms with Gasteiger partial charge in [0.05, 0.1) is 13.2 Å². The van der Waals surface area contributed by atoms with Crippen molar-refractivity contribution in [1.82, 2.24) is 10.6 Å². The Bertz CT molecular complexity index is 689. The fourth-order valence-electron chi connectivity index (χ4n) is 2.18. The van der Waals surface area contributed by atoms with Gasteiger partial charge in [-0.25, -0.2) is 9.18 Å². The van der Waals surface area contributed by atoms with Gasteiger partial charge in [0.15, 0.2) is 0 Å². The minimum absolute atomic E-state index is 0.0847. The van der Waals surface area contributed by atoms with Gasteiger partial charge in [-0.3, -0.25) is 0 Å². The lowest BCUT2D eigenvalue weighted by atomic mass is 10.1. The molecular formula is C18H21FN2O3. The van der Waals surface area contributed by atoms with Crippen LogP contribution in [0.5, 0.6) is 5.75 Å². The average Bonchev–Trinajstić information content (AvgIpc) is 2.58. The van der Waals surface area contributed by atoms with Crippen LogP contribution in [0, 0.1) is 12.7 Å². The molecule has 0 saturated heterocycles. The molecule has 128 valence electrons. The number of nitrogens with one attached hydrogen (secondary N) is 2. The highest BCUT2D eigenvalue weighted by atomic mass is 19.1. The van der Waals surface area contributed by atoms with Crippen molar-refractivity contribution in [2.45, 2.75) is 19.6 Å². The van der Waals surface area contributed by atoms with Crippen LogP contribution >= 0.6 is 0 Å². The van der Waals surface area contributed by atoms with Crippen LogP contribution in [0.15, 0.2) is 42.5 Å². The summed E-state index contributed by atoms with van der Waals surface area (Å²) in [5.41, 5.74) is 2.42. The number of methoxy groups -OCH3 is 1. The number of carbonyl (C=O) groups excluding carboxylic acids is 1. The lowest BCUT2D eigenvalue weighted by Crippen LogP contribution is -2.37. The van der Waals surface area contributed by atoms with Gasteiger partial charge in [-0.05, 0) is 30.2 Å². The van der Waals surface area contributed by atoms with Gasteiger partial charge in [0, 0.05) is 19.2 Å². The molecule has 2 amide bonds. The molecule has 24 heavy (non-hydrogen) atoms.